The summed E-state index contributed by atoms with van der Waals surface area (Å²) in [6.45, 7) is -5.54. The Labute approximate surface area is 73.2 Å². The SMILES string of the molecule is [2H]C([2H])([2H])c1cccc([N+](=O)[O-])c1C([2H])([2H])[2H]. The van der Waals surface area contributed by atoms with Crippen LogP contribution in [0.1, 0.15) is 19.4 Å². The van der Waals surface area contributed by atoms with E-state index in [0.29, 0.717) is 0 Å². The molecule has 0 aliphatic rings. The van der Waals surface area contributed by atoms with Gasteiger partial charge in [0.25, 0.3) is 5.69 Å². The quantitative estimate of drug-likeness (QED) is 0.463. The molecule has 0 radical (unpaired) electrons. The number of hydrogen-bond donors (Lipinski definition) is 0. The molecule has 1 aromatic rings. The third kappa shape index (κ3) is 1.37. The first-order chi connectivity index (χ1) is 7.55. The highest BCUT2D eigenvalue weighted by molar-refractivity contribution is 5.43. The van der Waals surface area contributed by atoms with Crippen molar-refractivity contribution in [1.29, 1.82) is 0 Å². The van der Waals surface area contributed by atoms with E-state index in [0.717, 1.165) is 18.2 Å². The maximum Gasteiger partial charge on any atom is 0.272 e. The molecule has 0 heterocycles. The standard InChI is InChI=1S/C8H9NO2/c1-6-4-3-5-8(7(6)2)9(10)11/h3-5H,1-2H3/i1D3,2D3. The number of benzene rings is 1. The van der Waals surface area contributed by atoms with Crippen molar-refractivity contribution in [3.8, 4) is 0 Å². The second-order valence-electron chi connectivity index (χ2n) is 1.96. The van der Waals surface area contributed by atoms with Crippen LogP contribution in [0.3, 0.4) is 0 Å². The molecule has 0 aliphatic carbocycles. The Morgan fingerprint density at radius 1 is 1.55 bits per heavy atom. The first kappa shape index (κ1) is 2.93. The molecule has 0 amide bonds. The zero-order valence-electron chi connectivity index (χ0n) is 11.5. The van der Waals surface area contributed by atoms with Crippen LogP contribution in [0.15, 0.2) is 18.2 Å². The van der Waals surface area contributed by atoms with Crippen LogP contribution in [-0.4, -0.2) is 4.92 Å². The molecule has 0 saturated heterocycles. The summed E-state index contributed by atoms with van der Waals surface area (Å²) in [5.41, 5.74) is -1.92. The summed E-state index contributed by atoms with van der Waals surface area (Å²) in [5, 5.41) is 10.7. The van der Waals surface area contributed by atoms with E-state index < -0.39 is 35.4 Å². The summed E-state index contributed by atoms with van der Waals surface area (Å²) >= 11 is 0. The van der Waals surface area contributed by atoms with Gasteiger partial charge in [-0.1, -0.05) is 12.1 Å². The minimum atomic E-state index is -2.84. The summed E-state index contributed by atoms with van der Waals surface area (Å²) in [6.07, 6.45) is 0. The van der Waals surface area contributed by atoms with Crippen LogP contribution < -0.4 is 0 Å². The molecular formula is C8H9NO2. The van der Waals surface area contributed by atoms with Crippen LogP contribution in [0.2, 0.25) is 0 Å². The maximum absolute atomic E-state index is 10.7. The van der Waals surface area contributed by atoms with Gasteiger partial charge < -0.3 is 0 Å². The largest absolute Gasteiger partial charge is 0.272 e. The molecule has 0 unspecified atom stereocenters. The van der Waals surface area contributed by atoms with Gasteiger partial charge in [0, 0.05) is 19.9 Å². The van der Waals surface area contributed by atoms with Crippen molar-refractivity contribution in [3.63, 3.8) is 0 Å². The van der Waals surface area contributed by atoms with Crippen LogP contribution in [0.4, 0.5) is 5.69 Å². The monoisotopic (exact) mass is 157 g/mol. The summed E-state index contributed by atoms with van der Waals surface area (Å²) in [4.78, 5) is 9.83. The predicted octanol–water partition coefficient (Wildman–Crippen LogP) is 2.21. The maximum atomic E-state index is 10.7. The van der Waals surface area contributed by atoms with E-state index in [2.05, 4.69) is 0 Å². The van der Waals surface area contributed by atoms with Crippen molar-refractivity contribution in [2.45, 2.75) is 13.7 Å². The Balaban J connectivity index is 3.64. The third-order valence-electron chi connectivity index (χ3n) is 1.24. The van der Waals surface area contributed by atoms with Crippen LogP contribution >= 0.6 is 0 Å². The number of nitro groups is 1. The molecule has 0 N–H and O–H groups in total. The molecule has 0 aromatic heterocycles. The first-order valence-corrected chi connectivity index (χ1v) is 2.83. The Morgan fingerprint density at radius 2 is 2.36 bits per heavy atom. The van der Waals surface area contributed by atoms with E-state index in [1.54, 1.807) is 0 Å². The van der Waals surface area contributed by atoms with Gasteiger partial charge >= 0.3 is 0 Å². The van der Waals surface area contributed by atoms with Crippen LogP contribution in [0, 0.1) is 23.8 Å². The fraction of sp³-hybridized carbons (Fsp3) is 0.250. The molecule has 3 heteroatoms. The Hall–Kier alpha value is -1.38. The van der Waals surface area contributed by atoms with Gasteiger partial charge in [-0.15, -0.1) is 0 Å². The minimum Gasteiger partial charge on any atom is -0.258 e. The lowest BCUT2D eigenvalue weighted by Gasteiger charge is -1.98. The molecule has 0 spiro atoms. The third-order valence-corrected chi connectivity index (χ3v) is 1.24. The number of hydrogen-bond acceptors (Lipinski definition) is 2. The summed E-state index contributed by atoms with van der Waals surface area (Å²) in [6, 6.07) is 3.22. The molecule has 0 aliphatic heterocycles. The number of aryl methyl sites for hydroxylation is 1. The van der Waals surface area contributed by atoms with E-state index >= 15 is 0 Å². The van der Waals surface area contributed by atoms with Crippen LogP contribution in [0.25, 0.3) is 0 Å². The smallest absolute Gasteiger partial charge is 0.258 e. The second-order valence-corrected chi connectivity index (χ2v) is 1.96. The zero-order chi connectivity index (χ0) is 13.4. The molecular weight excluding hydrogens is 142 g/mol. The molecule has 1 rings (SSSR count). The Kier molecular flexibility index (Phi) is 0.719. The highest BCUT2D eigenvalue weighted by atomic mass is 16.6. The van der Waals surface area contributed by atoms with E-state index in [-0.39, 0.29) is 0 Å². The van der Waals surface area contributed by atoms with E-state index in [9.17, 15) is 10.1 Å². The van der Waals surface area contributed by atoms with E-state index in [1.807, 2.05) is 0 Å². The summed E-state index contributed by atoms with van der Waals surface area (Å²) < 4.78 is 43.2. The van der Waals surface area contributed by atoms with Gasteiger partial charge in [0.1, 0.15) is 0 Å². The minimum absolute atomic E-state index is 0.508. The molecule has 11 heavy (non-hydrogen) atoms. The lowest BCUT2D eigenvalue weighted by atomic mass is 10.1. The number of nitrogens with zero attached hydrogens (tertiary/aromatic N) is 1. The van der Waals surface area contributed by atoms with Crippen molar-refractivity contribution in [3.05, 3.63) is 39.4 Å². The normalized spacial score (nSPS) is 20.0. The summed E-state index contributed by atoms with van der Waals surface area (Å²) in [5.74, 6) is 0. The van der Waals surface area contributed by atoms with Crippen LogP contribution in [-0.2, 0) is 0 Å². The highest BCUT2D eigenvalue weighted by Gasteiger charge is 2.09. The van der Waals surface area contributed by atoms with E-state index in [1.165, 1.54) is 0 Å². The zero-order valence-corrected chi connectivity index (χ0v) is 5.50. The molecule has 0 bridgehead atoms. The predicted molar refractivity (Wildman–Crippen MR) is 42.6 cm³/mol. The van der Waals surface area contributed by atoms with Crippen molar-refractivity contribution < 1.29 is 13.1 Å². The first-order valence-electron chi connectivity index (χ1n) is 5.83. The Morgan fingerprint density at radius 3 is 2.91 bits per heavy atom. The Bertz CT molecular complexity index is 450. The average Bonchev–Trinajstić information content (AvgIpc) is 2.13. The van der Waals surface area contributed by atoms with Gasteiger partial charge in [-0.2, -0.15) is 0 Å². The van der Waals surface area contributed by atoms with Crippen molar-refractivity contribution >= 4 is 5.69 Å². The van der Waals surface area contributed by atoms with Crippen molar-refractivity contribution in [2.24, 2.45) is 0 Å². The fourth-order valence-electron chi connectivity index (χ4n) is 0.692. The molecule has 1 aromatic carbocycles. The van der Waals surface area contributed by atoms with Gasteiger partial charge in [-0.05, 0) is 19.3 Å². The second kappa shape index (κ2) is 2.70. The van der Waals surface area contributed by atoms with Crippen LogP contribution in [0.5, 0.6) is 0 Å². The highest BCUT2D eigenvalue weighted by Crippen LogP contribution is 2.19. The lowest BCUT2D eigenvalue weighted by molar-refractivity contribution is -0.385. The number of nitro benzene ring substituents is 1. The molecule has 0 atom stereocenters. The van der Waals surface area contributed by atoms with Crippen molar-refractivity contribution in [1.82, 2.24) is 0 Å². The molecule has 58 valence electrons. The van der Waals surface area contributed by atoms with Gasteiger partial charge in [0.2, 0.25) is 0 Å². The fourth-order valence-corrected chi connectivity index (χ4v) is 0.692. The van der Waals surface area contributed by atoms with Crippen molar-refractivity contribution in [2.75, 3.05) is 0 Å². The van der Waals surface area contributed by atoms with E-state index in [4.69, 9.17) is 8.22 Å². The molecule has 0 fully saturated rings. The number of rotatable bonds is 1. The molecule has 3 nitrogen and oxygen atoms in total. The topological polar surface area (TPSA) is 43.1 Å². The van der Waals surface area contributed by atoms with Gasteiger partial charge in [0.15, 0.2) is 0 Å². The van der Waals surface area contributed by atoms with Gasteiger partial charge in [0.05, 0.1) is 4.92 Å². The lowest BCUT2D eigenvalue weighted by Crippen LogP contribution is -1.92. The molecule has 0 saturated carbocycles. The van der Waals surface area contributed by atoms with Gasteiger partial charge in [-0.25, -0.2) is 0 Å². The van der Waals surface area contributed by atoms with Gasteiger partial charge in [-0.3, -0.25) is 10.1 Å². The average molecular weight is 157 g/mol. The summed E-state index contributed by atoms with van der Waals surface area (Å²) in [7, 11) is 0.